The maximum atomic E-state index is 14.3. The number of methoxy groups -OCH3 is 1. The monoisotopic (exact) mass is 539 g/mol. The van der Waals surface area contributed by atoms with Crippen molar-refractivity contribution in [3.63, 3.8) is 0 Å². The van der Waals surface area contributed by atoms with Crippen molar-refractivity contribution in [1.29, 1.82) is 0 Å². The van der Waals surface area contributed by atoms with Crippen LogP contribution in [0.4, 0.5) is 10.5 Å². The predicted molar refractivity (Wildman–Crippen MR) is 155 cm³/mol. The zero-order chi connectivity index (χ0) is 29.3. The van der Waals surface area contributed by atoms with E-state index in [0.717, 1.165) is 16.7 Å². The van der Waals surface area contributed by atoms with Gasteiger partial charge < -0.3 is 25.0 Å². The summed E-state index contributed by atoms with van der Waals surface area (Å²) < 4.78 is 10.7. The highest BCUT2D eigenvalue weighted by Crippen LogP contribution is 2.31. The minimum atomic E-state index is -0.909. The van der Waals surface area contributed by atoms with E-state index in [4.69, 9.17) is 9.47 Å². The minimum absolute atomic E-state index is 0.187. The van der Waals surface area contributed by atoms with Crippen LogP contribution >= 0.6 is 0 Å². The molecule has 3 unspecified atom stereocenters. The molecule has 2 N–H and O–H groups in total. The van der Waals surface area contributed by atoms with E-state index >= 15 is 0 Å². The normalized spacial score (nSPS) is 13.6. The van der Waals surface area contributed by atoms with Crippen LogP contribution in [0.5, 0.6) is 5.75 Å². The second kappa shape index (κ2) is 14.0. The molecule has 0 saturated heterocycles. The summed E-state index contributed by atoms with van der Waals surface area (Å²) in [6.45, 7) is 15.4. The zero-order valence-electron chi connectivity index (χ0n) is 24.9. The summed E-state index contributed by atoms with van der Waals surface area (Å²) >= 11 is 0. The van der Waals surface area contributed by atoms with Crippen LogP contribution in [0.1, 0.15) is 77.1 Å². The largest absolute Gasteiger partial charge is 0.497 e. The molecule has 3 amide bonds. The molecule has 0 bridgehead atoms. The first-order valence-electron chi connectivity index (χ1n) is 13.6. The molecule has 0 saturated carbocycles. The fourth-order valence-electron chi connectivity index (χ4n) is 4.48. The highest BCUT2D eigenvalue weighted by Gasteiger charge is 2.38. The molecule has 0 radical (unpaired) electrons. The highest BCUT2D eigenvalue weighted by molar-refractivity contribution is 5.99. The van der Waals surface area contributed by atoms with Crippen LogP contribution in [0, 0.1) is 19.8 Å². The summed E-state index contributed by atoms with van der Waals surface area (Å²) in [5, 5.41) is 5.80. The molecule has 214 valence electrons. The fraction of sp³-hybridized carbons (Fsp3) is 0.516. The Morgan fingerprint density at radius 3 is 2.05 bits per heavy atom. The van der Waals surface area contributed by atoms with E-state index in [-0.39, 0.29) is 17.7 Å². The Bertz CT molecular complexity index is 1100. The van der Waals surface area contributed by atoms with Gasteiger partial charge in [-0.2, -0.15) is 0 Å². The number of benzene rings is 2. The third kappa shape index (κ3) is 8.73. The third-order valence-electron chi connectivity index (χ3n) is 6.63. The number of amides is 3. The van der Waals surface area contributed by atoms with Gasteiger partial charge in [0.05, 0.1) is 7.11 Å². The second-order valence-corrected chi connectivity index (χ2v) is 11.0. The van der Waals surface area contributed by atoms with Crippen molar-refractivity contribution in [2.75, 3.05) is 19.0 Å². The van der Waals surface area contributed by atoms with Crippen molar-refractivity contribution in [3.05, 3.63) is 59.2 Å². The lowest BCUT2D eigenvalue weighted by Crippen LogP contribution is -2.55. The van der Waals surface area contributed by atoms with Crippen molar-refractivity contribution < 1.29 is 23.9 Å². The molecule has 2 rings (SSSR count). The minimum Gasteiger partial charge on any atom is -0.497 e. The lowest BCUT2D eigenvalue weighted by molar-refractivity contribution is -0.142. The standard InChI is InChI=1S/C31H45N3O5/c1-10-19-34(29(36)26(20(3)11-2)33-30(37)39-31(6,7)8)27(25-21(4)13-12-14-22(25)5)28(35)32-23-15-17-24(38-9)18-16-23/h12-18,20,26-27H,10-11,19H2,1-9H3,(H,32,35)(H,33,37). The number of anilines is 1. The maximum Gasteiger partial charge on any atom is 0.408 e. The van der Waals surface area contributed by atoms with Crippen LogP contribution in [-0.2, 0) is 14.3 Å². The smallest absolute Gasteiger partial charge is 0.408 e. The van der Waals surface area contributed by atoms with Gasteiger partial charge in [-0.15, -0.1) is 0 Å². The van der Waals surface area contributed by atoms with Crippen molar-refractivity contribution >= 4 is 23.6 Å². The topological polar surface area (TPSA) is 97.0 Å². The molecule has 0 aromatic heterocycles. The van der Waals surface area contributed by atoms with Crippen LogP contribution < -0.4 is 15.4 Å². The van der Waals surface area contributed by atoms with Gasteiger partial charge in [-0.25, -0.2) is 4.79 Å². The highest BCUT2D eigenvalue weighted by atomic mass is 16.6. The number of nitrogens with zero attached hydrogens (tertiary/aromatic N) is 1. The second-order valence-electron chi connectivity index (χ2n) is 11.0. The molecule has 8 heteroatoms. The molecule has 0 aliphatic rings. The van der Waals surface area contributed by atoms with E-state index in [1.165, 1.54) is 0 Å². The summed E-state index contributed by atoms with van der Waals surface area (Å²) in [5.74, 6) is -0.173. The van der Waals surface area contributed by atoms with Gasteiger partial charge in [-0.3, -0.25) is 9.59 Å². The summed E-state index contributed by atoms with van der Waals surface area (Å²) in [4.78, 5) is 42.6. The van der Waals surface area contributed by atoms with Gasteiger partial charge >= 0.3 is 6.09 Å². The molecule has 0 heterocycles. The molecule has 8 nitrogen and oxygen atoms in total. The van der Waals surface area contributed by atoms with Crippen LogP contribution in [-0.4, -0.2) is 48.1 Å². The van der Waals surface area contributed by atoms with Gasteiger partial charge in [0, 0.05) is 12.2 Å². The first-order chi connectivity index (χ1) is 18.3. The summed E-state index contributed by atoms with van der Waals surface area (Å²) in [6.07, 6.45) is 0.616. The Labute approximate surface area is 233 Å². The predicted octanol–water partition coefficient (Wildman–Crippen LogP) is 6.17. The summed E-state index contributed by atoms with van der Waals surface area (Å²) in [6, 6.07) is 11.1. The van der Waals surface area contributed by atoms with Crippen LogP contribution in [0.25, 0.3) is 0 Å². The summed E-state index contributed by atoms with van der Waals surface area (Å²) in [7, 11) is 1.58. The molecular formula is C31H45N3O5. The Kier molecular flexibility index (Phi) is 11.4. The lowest BCUT2D eigenvalue weighted by Gasteiger charge is -2.37. The van der Waals surface area contributed by atoms with Crippen LogP contribution in [0.3, 0.4) is 0 Å². The molecule has 0 aliphatic carbocycles. The van der Waals surface area contributed by atoms with Gasteiger partial charge in [-0.05, 0) is 87.9 Å². The van der Waals surface area contributed by atoms with Crippen molar-refractivity contribution in [2.45, 2.75) is 85.9 Å². The number of rotatable bonds is 11. The molecule has 3 atom stereocenters. The first-order valence-corrected chi connectivity index (χ1v) is 13.6. The van der Waals surface area contributed by atoms with E-state index in [9.17, 15) is 14.4 Å². The van der Waals surface area contributed by atoms with Crippen molar-refractivity contribution in [2.24, 2.45) is 5.92 Å². The van der Waals surface area contributed by atoms with Gasteiger partial charge in [0.15, 0.2) is 0 Å². The molecule has 2 aromatic carbocycles. The SMILES string of the molecule is CCCN(C(=O)C(NC(=O)OC(C)(C)C)C(C)CC)C(C(=O)Nc1ccc(OC)cc1)c1c(C)cccc1C. The Hall–Kier alpha value is -3.55. The van der Waals surface area contributed by atoms with E-state index in [0.29, 0.717) is 30.8 Å². The van der Waals surface area contributed by atoms with Gasteiger partial charge in [0.2, 0.25) is 5.91 Å². The number of alkyl carbamates (subject to hydrolysis) is 1. The Morgan fingerprint density at radius 1 is 0.974 bits per heavy atom. The molecule has 2 aromatic rings. The van der Waals surface area contributed by atoms with E-state index in [1.807, 2.05) is 52.8 Å². The fourth-order valence-corrected chi connectivity index (χ4v) is 4.48. The molecule has 0 fully saturated rings. The Morgan fingerprint density at radius 2 is 1.56 bits per heavy atom. The van der Waals surface area contributed by atoms with E-state index < -0.39 is 23.8 Å². The number of hydrogen-bond donors (Lipinski definition) is 2. The van der Waals surface area contributed by atoms with Gasteiger partial charge in [0.1, 0.15) is 23.4 Å². The van der Waals surface area contributed by atoms with Crippen LogP contribution in [0.2, 0.25) is 0 Å². The summed E-state index contributed by atoms with van der Waals surface area (Å²) in [5.41, 5.74) is 2.45. The third-order valence-corrected chi connectivity index (χ3v) is 6.63. The van der Waals surface area contributed by atoms with E-state index in [1.54, 1.807) is 57.0 Å². The van der Waals surface area contributed by atoms with Crippen molar-refractivity contribution in [1.82, 2.24) is 10.2 Å². The molecule has 39 heavy (non-hydrogen) atoms. The van der Waals surface area contributed by atoms with E-state index in [2.05, 4.69) is 10.6 Å². The number of carbonyl (C=O) groups is 3. The Balaban J connectivity index is 2.57. The number of hydrogen-bond acceptors (Lipinski definition) is 5. The molecule has 0 spiro atoms. The number of aryl methyl sites for hydroxylation is 2. The number of nitrogens with one attached hydrogen (secondary N) is 2. The number of carbonyl (C=O) groups excluding carboxylic acids is 3. The maximum absolute atomic E-state index is 14.3. The number of ether oxygens (including phenoxy) is 2. The zero-order valence-corrected chi connectivity index (χ0v) is 24.9. The average molecular weight is 540 g/mol. The van der Waals surface area contributed by atoms with Gasteiger partial charge in [-0.1, -0.05) is 45.4 Å². The molecule has 0 aliphatic heterocycles. The first kappa shape index (κ1) is 31.7. The lowest BCUT2D eigenvalue weighted by atomic mass is 9.91. The quantitative estimate of drug-likeness (QED) is 0.356. The van der Waals surface area contributed by atoms with Crippen LogP contribution in [0.15, 0.2) is 42.5 Å². The van der Waals surface area contributed by atoms with Crippen molar-refractivity contribution in [3.8, 4) is 5.75 Å². The van der Waals surface area contributed by atoms with Gasteiger partial charge in [0.25, 0.3) is 5.91 Å². The average Bonchev–Trinajstić information content (AvgIpc) is 2.87. The molecular weight excluding hydrogens is 494 g/mol.